The minimum atomic E-state index is 0.729. The quantitative estimate of drug-likeness (QED) is 0.734. The van der Waals surface area contributed by atoms with Crippen LogP contribution in [-0.2, 0) is 0 Å². The van der Waals surface area contributed by atoms with Crippen molar-refractivity contribution < 1.29 is 0 Å². The van der Waals surface area contributed by atoms with E-state index >= 15 is 0 Å². The van der Waals surface area contributed by atoms with Crippen LogP contribution in [0, 0.1) is 18.8 Å². The highest BCUT2D eigenvalue weighted by molar-refractivity contribution is 5.70. The van der Waals surface area contributed by atoms with Gasteiger partial charge in [0, 0.05) is 13.1 Å². The van der Waals surface area contributed by atoms with Gasteiger partial charge in [0.1, 0.15) is 0 Å². The van der Waals surface area contributed by atoms with Gasteiger partial charge in [0.15, 0.2) is 0 Å². The lowest BCUT2D eigenvalue weighted by Gasteiger charge is -2.28. The Morgan fingerprint density at radius 2 is 1.53 bits per heavy atom. The zero-order chi connectivity index (χ0) is 14.4. The summed E-state index contributed by atoms with van der Waals surface area (Å²) in [7, 11) is 0. The average molecular weight is 262 g/mol. The van der Waals surface area contributed by atoms with Crippen molar-refractivity contribution >= 4 is 11.4 Å². The third kappa shape index (κ3) is 5.14. The number of hydrogen-bond acceptors (Lipinski definition) is 2. The van der Waals surface area contributed by atoms with Crippen molar-refractivity contribution in [3.63, 3.8) is 0 Å². The standard InChI is InChI=1S/C17H30N2/c1-13(2)9-11-19(12-10-14(3)4)16-8-6-7-15(5)17(16)18/h6-8,13-14H,9-12,18H2,1-5H3. The van der Waals surface area contributed by atoms with Gasteiger partial charge in [-0.25, -0.2) is 0 Å². The van der Waals surface area contributed by atoms with E-state index in [-0.39, 0.29) is 0 Å². The Bertz CT molecular complexity index is 371. The Kier molecular flexibility index (Phi) is 6.20. The number of nitrogens with two attached hydrogens (primary N) is 1. The summed E-state index contributed by atoms with van der Waals surface area (Å²) >= 11 is 0. The summed E-state index contributed by atoms with van der Waals surface area (Å²) in [5.74, 6) is 1.46. The Labute approximate surface area is 119 Å². The van der Waals surface area contributed by atoms with Gasteiger partial charge in [-0.3, -0.25) is 0 Å². The van der Waals surface area contributed by atoms with Crippen LogP contribution in [0.4, 0.5) is 11.4 Å². The largest absolute Gasteiger partial charge is 0.397 e. The molecule has 0 aliphatic rings. The third-order valence-corrected chi connectivity index (χ3v) is 3.59. The Morgan fingerprint density at radius 1 is 1.00 bits per heavy atom. The smallest absolute Gasteiger partial charge is 0.0602 e. The van der Waals surface area contributed by atoms with Gasteiger partial charge in [-0.1, -0.05) is 39.8 Å². The molecule has 0 saturated carbocycles. The summed E-state index contributed by atoms with van der Waals surface area (Å²) in [5, 5.41) is 0. The second kappa shape index (κ2) is 7.42. The lowest BCUT2D eigenvalue weighted by Crippen LogP contribution is -2.28. The number of aryl methyl sites for hydroxylation is 1. The molecule has 0 atom stereocenters. The molecular formula is C17H30N2. The van der Waals surface area contributed by atoms with Gasteiger partial charge < -0.3 is 10.6 Å². The highest BCUT2D eigenvalue weighted by Crippen LogP contribution is 2.27. The summed E-state index contributed by atoms with van der Waals surface area (Å²) in [5.41, 5.74) is 9.58. The fraction of sp³-hybridized carbons (Fsp3) is 0.647. The zero-order valence-electron chi connectivity index (χ0n) is 13.2. The minimum Gasteiger partial charge on any atom is -0.397 e. The van der Waals surface area contributed by atoms with E-state index in [9.17, 15) is 0 Å². The first-order chi connectivity index (χ1) is 8.91. The van der Waals surface area contributed by atoms with Crippen LogP contribution in [0.1, 0.15) is 46.1 Å². The van der Waals surface area contributed by atoms with Gasteiger partial charge >= 0.3 is 0 Å². The van der Waals surface area contributed by atoms with E-state index in [1.165, 1.54) is 24.1 Å². The summed E-state index contributed by atoms with van der Waals surface area (Å²) in [6.07, 6.45) is 2.43. The minimum absolute atomic E-state index is 0.729. The van der Waals surface area contributed by atoms with Gasteiger partial charge in [0.25, 0.3) is 0 Å². The van der Waals surface area contributed by atoms with E-state index in [1.54, 1.807) is 0 Å². The van der Waals surface area contributed by atoms with Crippen LogP contribution < -0.4 is 10.6 Å². The lowest BCUT2D eigenvalue weighted by molar-refractivity contribution is 0.535. The van der Waals surface area contributed by atoms with Gasteiger partial charge in [0.2, 0.25) is 0 Å². The average Bonchev–Trinajstić information content (AvgIpc) is 2.33. The van der Waals surface area contributed by atoms with Crippen molar-refractivity contribution in [1.82, 2.24) is 0 Å². The van der Waals surface area contributed by atoms with Crippen molar-refractivity contribution in [3.05, 3.63) is 23.8 Å². The maximum absolute atomic E-state index is 6.25. The van der Waals surface area contributed by atoms with Gasteiger partial charge in [-0.2, -0.15) is 0 Å². The Balaban J connectivity index is 2.84. The molecule has 19 heavy (non-hydrogen) atoms. The van der Waals surface area contributed by atoms with Crippen LogP contribution >= 0.6 is 0 Å². The molecule has 0 aromatic heterocycles. The SMILES string of the molecule is Cc1cccc(N(CCC(C)C)CCC(C)C)c1N. The summed E-state index contributed by atoms with van der Waals surface area (Å²) < 4.78 is 0. The summed E-state index contributed by atoms with van der Waals surface area (Å²) in [4.78, 5) is 2.46. The number of para-hydroxylation sites is 1. The number of rotatable bonds is 7. The third-order valence-electron chi connectivity index (χ3n) is 3.59. The van der Waals surface area contributed by atoms with E-state index in [4.69, 9.17) is 5.73 Å². The van der Waals surface area contributed by atoms with Crippen molar-refractivity contribution in [3.8, 4) is 0 Å². The number of nitrogens with zero attached hydrogens (tertiary/aromatic N) is 1. The maximum Gasteiger partial charge on any atom is 0.0602 e. The number of nitrogen functional groups attached to an aromatic ring is 1. The Morgan fingerprint density at radius 3 is 2.00 bits per heavy atom. The monoisotopic (exact) mass is 262 g/mol. The first-order valence-electron chi connectivity index (χ1n) is 7.51. The fourth-order valence-electron chi connectivity index (χ4n) is 2.12. The molecule has 1 rings (SSSR count). The van der Waals surface area contributed by atoms with Crippen molar-refractivity contribution in [2.24, 2.45) is 11.8 Å². The summed E-state index contributed by atoms with van der Waals surface area (Å²) in [6.45, 7) is 13.4. The molecule has 0 fully saturated rings. The molecule has 0 bridgehead atoms. The van der Waals surface area contributed by atoms with Gasteiger partial charge in [-0.05, 0) is 43.2 Å². The number of hydrogen-bond donors (Lipinski definition) is 1. The molecular weight excluding hydrogens is 232 g/mol. The van der Waals surface area contributed by atoms with Gasteiger partial charge in [0.05, 0.1) is 11.4 Å². The lowest BCUT2D eigenvalue weighted by atomic mass is 10.1. The molecule has 0 saturated heterocycles. The Hall–Kier alpha value is -1.18. The van der Waals surface area contributed by atoms with E-state index in [0.717, 1.165) is 30.6 Å². The van der Waals surface area contributed by atoms with Crippen LogP contribution in [-0.4, -0.2) is 13.1 Å². The highest BCUT2D eigenvalue weighted by Gasteiger charge is 2.12. The molecule has 0 radical (unpaired) electrons. The molecule has 1 aromatic carbocycles. The zero-order valence-corrected chi connectivity index (χ0v) is 13.2. The number of benzene rings is 1. The molecule has 108 valence electrons. The normalized spacial score (nSPS) is 11.3. The fourth-order valence-corrected chi connectivity index (χ4v) is 2.12. The number of anilines is 2. The van der Waals surface area contributed by atoms with Crippen LogP contribution in [0.2, 0.25) is 0 Å². The van der Waals surface area contributed by atoms with Gasteiger partial charge in [-0.15, -0.1) is 0 Å². The second-order valence-corrected chi connectivity index (χ2v) is 6.36. The van der Waals surface area contributed by atoms with Crippen molar-refractivity contribution in [2.45, 2.75) is 47.5 Å². The first kappa shape index (κ1) is 15.9. The molecule has 1 aromatic rings. The maximum atomic E-state index is 6.25. The van der Waals surface area contributed by atoms with E-state index in [0.29, 0.717) is 0 Å². The molecule has 0 unspecified atom stereocenters. The van der Waals surface area contributed by atoms with Crippen molar-refractivity contribution in [2.75, 3.05) is 23.7 Å². The van der Waals surface area contributed by atoms with Crippen LogP contribution in [0.25, 0.3) is 0 Å². The molecule has 2 N–H and O–H groups in total. The molecule has 0 aliphatic carbocycles. The highest BCUT2D eigenvalue weighted by atomic mass is 15.1. The topological polar surface area (TPSA) is 29.3 Å². The van der Waals surface area contributed by atoms with E-state index in [2.05, 4.69) is 57.7 Å². The molecule has 2 nitrogen and oxygen atoms in total. The predicted octanol–water partition coefficient (Wildman–Crippen LogP) is 4.48. The summed E-state index contributed by atoms with van der Waals surface area (Å²) in [6, 6.07) is 6.35. The van der Waals surface area contributed by atoms with E-state index in [1.807, 2.05) is 0 Å². The van der Waals surface area contributed by atoms with Crippen LogP contribution in [0.5, 0.6) is 0 Å². The molecule has 0 amide bonds. The molecule has 0 spiro atoms. The van der Waals surface area contributed by atoms with Crippen LogP contribution in [0.15, 0.2) is 18.2 Å². The molecule has 0 heterocycles. The predicted molar refractivity (Wildman–Crippen MR) is 86.7 cm³/mol. The van der Waals surface area contributed by atoms with E-state index < -0.39 is 0 Å². The molecule has 0 aliphatic heterocycles. The first-order valence-corrected chi connectivity index (χ1v) is 7.51. The van der Waals surface area contributed by atoms with Crippen molar-refractivity contribution in [1.29, 1.82) is 0 Å². The van der Waals surface area contributed by atoms with Crippen LogP contribution in [0.3, 0.4) is 0 Å². The molecule has 2 heteroatoms. The second-order valence-electron chi connectivity index (χ2n) is 6.36.